The van der Waals surface area contributed by atoms with Gasteiger partial charge in [-0.3, -0.25) is 0 Å². The number of benzene rings is 2. The summed E-state index contributed by atoms with van der Waals surface area (Å²) in [5, 5.41) is 1.25. The molecule has 27 heavy (non-hydrogen) atoms. The molecule has 3 rings (SSSR count). The van der Waals surface area contributed by atoms with E-state index in [1.165, 1.54) is 19.3 Å². The summed E-state index contributed by atoms with van der Waals surface area (Å²) in [6.07, 6.45) is 6.36. The van der Waals surface area contributed by atoms with Gasteiger partial charge in [0.05, 0.1) is 4.90 Å². The lowest BCUT2D eigenvalue weighted by atomic mass is 10.2. The molecule has 0 fully saturated rings. The Balaban J connectivity index is 1.69. The fourth-order valence-electron chi connectivity index (χ4n) is 2.80. The highest BCUT2D eigenvalue weighted by molar-refractivity contribution is 7.89. The minimum Gasteiger partial charge on any atom is -0.207 e. The molecule has 0 bridgehead atoms. The molecule has 0 unspecified atom stereocenters. The lowest BCUT2D eigenvalue weighted by molar-refractivity contribution is 0.474. The lowest BCUT2D eigenvalue weighted by Crippen LogP contribution is -2.31. The summed E-state index contributed by atoms with van der Waals surface area (Å²) < 4.78 is 28.4. The molecule has 2 aromatic carbocycles. The van der Waals surface area contributed by atoms with Crippen LogP contribution in [0.25, 0.3) is 10.1 Å². The Kier molecular flexibility index (Phi) is 6.26. The van der Waals surface area contributed by atoms with Crippen LogP contribution in [0.5, 0.6) is 0 Å². The maximum Gasteiger partial charge on any atom is 0.243 e. The number of rotatable bonds is 8. The largest absolute Gasteiger partial charge is 0.243 e. The summed E-state index contributed by atoms with van der Waals surface area (Å²) in [4.78, 5) is 1.58. The van der Waals surface area contributed by atoms with E-state index >= 15 is 0 Å². The average molecular weight is 398 g/mol. The molecule has 140 valence electrons. The number of allylic oxidation sites excluding steroid dienone is 1. The zero-order valence-corrected chi connectivity index (χ0v) is 17.0. The second-order valence-corrected chi connectivity index (χ2v) is 9.46. The van der Waals surface area contributed by atoms with E-state index in [2.05, 4.69) is 24.8 Å². The van der Waals surface area contributed by atoms with Gasteiger partial charge in [-0.1, -0.05) is 54.1 Å². The smallest absolute Gasteiger partial charge is 0.207 e. The minimum atomic E-state index is -3.53. The molecule has 0 amide bonds. The van der Waals surface area contributed by atoms with Crippen molar-refractivity contribution in [1.82, 2.24) is 4.31 Å². The van der Waals surface area contributed by atoms with Crippen molar-refractivity contribution in [3.8, 4) is 0 Å². The molecule has 1 aromatic heterocycles. The van der Waals surface area contributed by atoms with Crippen molar-refractivity contribution in [3.63, 3.8) is 0 Å². The maximum atomic E-state index is 12.9. The molecule has 0 N–H and O–H groups in total. The van der Waals surface area contributed by atoms with Crippen molar-refractivity contribution >= 4 is 31.4 Å². The first-order valence-corrected chi connectivity index (χ1v) is 11.1. The Labute approximate surface area is 165 Å². The zero-order chi connectivity index (χ0) is 19.3. The highest BCUT2D eigenvalue weighted by Crippen LogP contribution is 2.25. The van der Waals surface area contributed by atoms with Gasteiger partial charge < -0.3 is 0 Å². The Bertz CT molecular complexity index is 1010. The van der Waals surface area contributed by atoms with Crippen LogP contribution in [0, 0.1) is 6.92 Å². The topological polar surface area (TPSA) is 37.4 Å². The van der Waals surface area contributed by atoms with Gasteiger partial charge in [-0.15, -0.1) is 17.9 Å². The number of hydrogen-bond acceptors (Lipinski definition) is 3. The predicted molar refractivity (Wildman–Crippen MR) is 115 cm³/mol. The first kappa shape index (κ1) is 19.5. The highest BCUT2D eigenvalue weighted by atomic mass is 32.2. The van der Waals surface area contributed by atoms with Crippen LogP contribution in [0.1, 0.15) is 10.4 Å². The highest BCUT2D eigenvalue weighted by Gasteiger charge is 2.22. The molecule has 5 heteroatoms. The van der Waals surface area contributed by atoms with Crippen LogP contribution >= 0.6 is 11.3 Å². The first-order valence-electron chi connectivity index (χ1n) is 8.81. The average Bonchev–Trinajstić information content (AvgIpc) is 3.07. The molecule has 0 saturated heterocycles. The van der Waals surface area contributed by atoms with E-state index in [4.69, 9.17) is 0 Å². The SMILES string of the molecule is C=CCN(C/C=C/Cc1cc2ccccc2s1)S(=O)(=O)c1ccc(C)cc1. The van der Waals surface area contributed by atoms with Gasteiger partial charge in [-0.05, 0) is 43.0 Å². The van der Waals surface area contributed by atoms with Crippen molar-refractivity contribution in [1.29, 1.82) is 0 Å². The molecule has 0 aliphatic carbocycles. The number of nitrogens with zero attached hydrogens (tertiary/aromatic N) is 1. The second kappa shape index (κ2) is 8.65. The minimum absolute atomic E-state index is 0.281. The Morgan fingerprint density at radius 3 is 2.48 bits per heavy atom. The number of thiophene rings is 1. The van der Waals surface area contributed by atoms with Crippen molar-refractivity contribution in [3.05, 3.63) is 89.8 Å². The van der Waals surface area contributed by atoms with Gasteiger partial charge >= 0.3 is 0 Å². The third kappa shape index (κ3) is 4.75. The summed E-state index contributed by atoms with van der Waals surface area (Å²) >= 11 is 1.77. The molecule has 1 heterocycles. The van der Waals surface area contributed by atoms with E-state index in [1.807, 2.05) is 43.3 Å². The van der Waals surface area contributed by atoms with Crippen LogP contribution in [0.15, 0.2) is 84.3 Å². The van der Waals surface area contributed by atoms with E-state index < -0.39 is 10.0 Å². The Hall–Kier alpha value is -2.21. The summed E-state index contributed by atoms with van der Waals surface area (Å²) in [7, 11) is -3.53. The third-order valence-electron chi connectivity index (χ3n) is 4.26. The monoisotopic (exact) mass is 397 g/mol. The molecule has 3 nitrogen and oxygen atoms in total. The predicted octanol–water partition coefficient (Wildman–Crippen LogP) is 5.19. The standard InChI is InChI=1S/C22H23NO2S2/c1-3-15-23(27(24,25)21-13-11-18(2)12-14-21)16-7-6-9-20-17-19-8-4-5-10-22(19)26-20/h3-8,10-14,17H,1,9,15-16H2,2H3/b7-6+. The van der Waals surface area contributed by atoms with Crippen LogP contribution in [0.4, 0.5) is 0 Å². The number of aryl methyl sites for hydroxylation is 1. The van der Waals surface area contributed by atoms with E-state index in [1.54, 1.807) is 29.5 Å². The molecule has 3 aromatic rings. The van der Waals surface area contributed by atoms with Crippen molar-refractivity contribution in [2.75, 3.05) is 13.1 Å². The fraction of sp³-hybridized carbons (Fsp3) is 0.182. The zero-order valence-electron chi connectivity index (χ0n) is 15.3. The van der Waals surface area contributed by atoms with Crippen molar-refractivity contribution in [2.24, 2.45) is 0 Å². The fourth-order valence-corrected chi connectivity index (χ4v) is 5.20. The molecule has 0 saturated carbocycles. The van der Waals surface area contributed by atoms with E-state index in [0.717, 1.165) is 12.0 Å². The first-order chi connectivity index (χ1) is 13.0. The van der Waals surface area contributed by atoms with Gasteiger partial charge in [0.2, 0.25) is 10.0 Å². The molecule has 0 aliphatic heterocycles. The summed E-state index contributed by atoms with van der Waals surface area (Å²) in [6, 6.07) is 17.4. The summed E-state index contributed by atoms with van der Waals surface area (Å²) in [6.45, 7) is 6.24. The van der Waals surface area contributed by atoms with Crippen LogP contribution in [0.3, 0.4) is 0 Å². The van der Waals surface area contributed by atoms with Gasteiger partial charge in [-0.2, -0.15) is 4.31 Å². The number of sulfonamides is 1. The van der Waals surface area contributed by atoms with Crippen LogP contribution < -0.4 is 0 Å². The van der Waals surface area contributed by atoms with E-state index in [0.29, 0.717) is 11.4 Å². The maximum absolute atomic E-state index is 12.9. The molecular formula is C22H23NO2S2. The molecule has 0 atom stereocenters. The van der Waals surface area contributed by atoms with Gasteiger partial charge in [0.1, 0.15) is 0 Å². The van der Waals surface area contributed by atoms with Gasteiger partial charge in [0.15, 0.2) is 0 Å². The molecule has 0 spiro atoms. The molecule has 0 radical (unpaired) electrons. The van der Waals surface area contributed by atoms with E-state index in [-0.39, 0.29) is 6.54 Å². The van der Waals surface area contributed by atoms with Crippen LogP contribution in [-0.2, 0) is 16.4 Å². The Morgan fingerprint density at radius 1 is 1.04 bits per heavy atom. The van der Waals surface area contributed by atoms with Crippen molar-refractivity contribution in [2.45, 2.75) is 18.2 Å². The quantitative estimate of drug-likeness (QED) is 0.491. The van der Waals surface area contributed by atoms with Gasteiger partial charge in [-0.25, -0.2) is 8.42 Å². The summed E-state index contributed by atoms with van der Waals surface area (Å²) in [5.41, 5.74) is 1.03. The van der Waals surface area contributed by atoms with Crippen molar-refractivity contribution < 1.29 is 8.42 Å². The molecular weight excluding hydrogens is 374 g/mol. The Morgan fingerprint density at radius 2 is 1.78 bits per heavy atom. The normalized spacial score (nSPS) is 12.2. The lowest BCUT2D eigenvalue weighted by Gasteiger charge is -2.19. The van der Waals surface area contributed by atoms with Crippen LogP contribution in [-0.4, -0.2) is 25.8 Å². The number of hydrogen-bond donors (Lipinski definition) is 0. The van der Waals surface area contributed by atoms with E-state index in [9.17, 15) is 8.42 Å². The third-order valence-corrected chi connectivity index (χ3v) is 7.25. The number of fused-ring (bicyclic) bond motifs is 1. The summed E-state index contributed by atoms with van der Waals surface area (Å²) in [5.74, 6) is 0. The van der Waals surface area contributed by atoms with Crippen LogP contribution in [0.2, 0.25) is 0 Å². The second-order valence-electron chi connectivity index (χ2n) is 6.35. The van der Waals surface area contributed by atoms with Gasteiger partial charge in [0.25, 0.3) is 0 Å². The van der Waals surface area contributed by atoms with Gasteiger partial charge in [0, 0.05) is 22.7 Å². The molecule has 0 aliphatic rings.